The maximum atomic E-state index is 9.07. The van der Waals surface area contributed by atoms with Crippen LogP contribution in [0.15, 0.2) is 43.0 Å². The van der Waals surface area contributed by atoms with Crippen LogP contribution in [-0.2, 0) is 11.3 Å². The smallest absolute Gasteiger partial charge is 0.107 e. The molecule has 0 spiro atoms. The molecule has 1 aromatic rings. The second-order valence-corrected chi connectivity index (χ2v) is 3.45. The van der Waals surface area contributed by atoms with Crippen molar-refractivity contribution < 1.29 is 9.84 Å². The van der Waals surface area contributed by atoms with Crippen molar-refractivity contribution in [2.24, 2.45) is 0 Å². The summed E-state index contributed by atoms with van der Waals surface area (Å²) < 4.78 is 5.55. The van der Waals surface area contributed by atoms with Crippen LogP contribution < -0.4 is 0 Å². The van der Waals surface area contributed by atoms with E-state index in [9.17, 15) is 0 Å². The predicted molar refractivity (Wildman–Crippen MR) is 56.9 cm³/mol. The van der Waals surface area contributed by atoms with Crippen LogP contribution in [0.1, 0.15) is 12.5 Å². The van der Waals surface area contributed by atoms with Crippen molar-refractivity contribution in [3.05, 3.63) is 48.6 Å². The van der Waals surface area contributed by atoms with Crippen molar-refractivity contribution in [2.75, 3.05) is 6.61 Å². The van der Waals surface area contributed by atoms with Crippen LogP contribution >= 0.6 is 0 Å². The van der Waals surface area contributed by atoms with Gasteiger partial charge in [-0.15, -0.1) is 6.58 Å². The maximum Gasteiger partial charge on any atom is 0.107 e. The van der Waals surface area contributed by atoms with Crippen molar-refractivity contribution in [3.63, 3.8) is 0 Å². The molecule has 0 aliphatic heterocycles. The van der Waals surface area contributed by atoms with Crippen LogP contribution in [0.4, 0.5) is 0 Å². The summed E-state index contributed by atoms with van der Waals surface area (Å²) in [6.45, 7) is 5.88. The van der Waals surface area contributed by atoms with Crippen molar-refractivity contribution in [3.8, 4) is 0 Å². The van der Waals surface area contributed by atoms with E-state index in [1.54, 1.807) is 6.08 Å². The number of aliphatic hydroxyl groups is 1. The first-order valence-corrected chi connectivity index (χ1v) is 4.62. The molecule has 76 valence electrons. The highest BCUT2D eigenvalue weighted by molar-refractivity contribution is 5.13. The molecule has 0 aliphatic carbocycles. The second-order valence-electron chi connectivity index (χ2n) is 3.45. The van der Waals surface area contributed by atoms with Gasteiger partial charge in [-0.25, -0.2) is 0 Å². The van der Waals surface area contributed by atoms with Crippen LogP contribution in [0.2, 0.25) is 0 Å². The van der Waals surface area contributed by atoms with Crippen LogP contribution in [0.3, 0.4) is 0 Å². The van der Waals surface area contributed by atoms with Gasteiger partial charge in [0.1, 0.15) is 5.60 Å². The number of ether oxygens (including phenoxy) is 1. The highest BCUT2D eigenvalue weighted by Gasteiger charge is 2.18. The first-order chi connectivity index (χ1) is 6.70. The Hall–Kier alpha value is -1.12. The van der Waals surface area contributed by atoms with Gasteiger partial charge in [-0.3, -0.25) is 0 Å². The first kappa shape index (κ1) is 11.0. The normalized spacial score (nSPS) is 14.7. The zero-order valence-corrected chi connectivity index (χ0v) is 8.44. The molecule has 2 heteroatoms. The SMILES string of the molecule is C=CC(C)(CO)OCc1ccccc1. The Bertz CT molecular complexity index is 282. The van der Waals surface area contributed by atoms with Gasteiger partial charge in [-0.05, 0) is 12.5 Å². The molecule has 0 fully saturated rings. The molecule has 0 amide bonds. The molecular weight excluding hydrogens is 176 g/mol. The highest BCUT2D eigenvalue weighted by atomic mass is 16.5. The molecule has 1 aromatic carbocycles. The largest absolute Gasteiger partial charge is 0.393 e. The third-order valence-electron chi connectivity index (χ3n) is 2.16. The van der Waals surface area contributed by atoms with E-state index >= 15 is 0 Å². The van der Waals surface area contributed by atoms with Crippen LogP contribution in [0.5, 0.6) is 0 Å². The first-order valence-electron chi connectivity index (χ1n) is 4.62. The van der Waals surface area contributed by atoms with E-state index < -0.39 is 5.60 Å². The summed E-state index contributed by atoms with van der Waals surface area (Å²) in [5, 5.41) is 9.07. The molecule has 1 N–H and O–H groups in total. The zero-order valence-electron chi connectivity index (χ0n) is 8.44. The van der Waals surface area contributed by atoms with E-state index in [1.165, 1.54) is 0 Å². The molecule has 0 saturated carbocycles. The monoisotopic (exact) mass is 192 g/mol. The Labute approximate surface area is 84.8 Å². The Kier molecular flexibility index (Phi) is 3.86. The van der Waals surface area contributed by atoms with Gasteiger partial charge in [0.05, 0.1) is 13.2 Å². The number of aliphatic hydroxyl groups excluding tert-OH is 1. The average Bonchev–Trinajstić information content (AvgIpc) is 2.27. The third-order valence-corrected chi connectivity index (χ3v) is 2.16. The van der Waals surface area contributed by atoms with Gasteiger partial charge < -0.3 is 9.84 Å². The minimum absolute atomic E-state index is 0.0522. The molecule has 0 radical (unpaired) electrons. The van der Waals surface area contributed by atoms with Crippen LogP contribution in [0, 0.1) is 0 Å². The third kappa shape index (κ3) is 2.98. The topological polar surface area (TPSA) is 29.5 Å². The van der Waals surface area contributed by atoms with Gasteiger partial charge in [0.25, 0.3) is 0 Å². The zero-order chi connectivity index (χ0) is 10.4. The molecule has 1 rings (SSSR count). The number of rotatable bonds is 5. The molecule has 1 atom stereocenters. The Balaban J connectivity index is 2.52. The van der Waals surface area contributed by atoms with Crippen molar-refractivity contribution in [1.82, 2.24) is 0 Å². The molecule has 0 heterocycles. The fourth-order valence-electron chi connectivity index (χ4n) is 0.992. The van der Waals surface area contributed by atoms with E-state index in [-0.39, 0.29) is 6.61 Å². The summed E-state index contributed by atoms with van der Waals surface area (Å²) in [5.41, 5.74) is 0.449. The number of hydrogen-bond acceptors (Lipinski definition) is 2. The maximum absolute atomic E-state index is 9.07. The summed E-state index contributed by atoms with van der Waals surface area (Å²) in [4.78, 5) is 0. The number of benzene rings is 1. The molecule has 0 aliphatic rings. The number of hydrogen-bond donors (Lipinski definition) is 1. The summed E-state index contributed by atoms with van der Waals surface area (Å²) in [6.07, 6.45) is 1.62. The molecule has 0 aromatic heterocycles. The lowest BCUT2D eigenvalue weighted by Gasteiger charge is -2.23. The lowest BCUT2D eigenvalue weighted by molar-refractivity contribution is -0.0421. The van der Waals surface area contributed by atoms with E-state index in [0.717, 1.165) is 5.56 Å². The minimum Gasteiger partial charge on any atom is -0.393 e. The standard InChI is InChI=1S/C12H16O2/c1-3-12(2,10-13)14-9-11-7-5-4-6-8-11/h3-8,13H,1,9-10H2,2H3. The summed E-state index contributed by atoms with van der Waals surface area (Å²) in [7, 11) is 0. The quantitative estimate of drug-likeness (QED) is 0.724. The predicted octanol–water partition coefficient (Wildman–Crippen LogP) is 2.14. The van der Waals surface area contributed by atoms with Gasteiger partial charge in [-0.1, -0.05) is 36.4 Å². The molecule has 1 unspecified atom stereocenters. The Morgan fingerprint density at radius 3 is 2.57 bits per heavy atom. The summed E-state index contributed by atoms with van der Waals surface area (Å²) in [5.74, 6) is 0. The van der Waals surface area contributed by atoms with E-state index in [1.807, 2.05) is 37.3 Å². The lowest BCUT2D eigenvalue weighted by Crippen LogP contribution is -2.30. The van der Waals surface area contributed by atoms with Gasteiger partial charge in [0, 0.05) is 0 Å². The average molecular weight is 192 g/mol. The van der Waals surface area contributed by atoms with Crippen molar-refractivity contribution in [2.45, 2.75) is 19.1 Å². The van der Waals surface area contributed by atoms with E-state index in [4.69, 9.17) is 9.84 Å². The van der Waals surface area contributed by atoms with E-state index in [2.05, 4.69) is 6.58 Å². The molecule has 0 bridgehead atoms. The Morgan fingerprint density at radius 1 is 1.43 bits per heavy atom. The van der Waals surface area contributed by atoms with Gasteiger partial charge in [0.2, 0.25) is 0 Å². The highest BCUT2D eigenvalue weighted by Crippen LogP contribution is 2.13. The summed E-state index contributed by atoms with van der Waals surface area (Å²) in [6, 6.07) is 9.86. The van der Waals surface area contributed by atoms with Crippen LogP contribution in [0.25, 0.3) is 0 Å². The second kappa shape index (κ2) is 4.94. The van der Waals surface area contributed by atoms with Crippen LogP contribution in [-0.4, -0.2) is 17.3 Å². The fraction of sp³-hybridized carbons (Fsp3) is 0.333. The summed E-state index contributed by atoms with van der Waals surface area (Å²) >= 11 is 0. The van der Waals surface area contributed by atoms with Crippen molar-refractivity contribution in [1.29, 1.82) is 0 Å². The van der Waals surface area contributed by atoms with Gasteiger partial charge in [-0.2, -0.15) is 0 Å². The minimum atomic E-state index is -0.643. The molecule has 0 saturated heterocycles. The lowest BCUT2D eigenvalue weighted by atomic mass is 10.1. The fourth-order valence-corrected chi connectivity index (χ4v) is 0.992. The molecular formula is C12H16O2. The van der Waals surface area contributed by atoms with E-state index in [0.29, 0.717) is 6.61 Å². The molecule has 14 heavy (non-hydrogen) atoms. The van der Waals surface area contributed by atoms with Crippen molar-refractivity contribution >= 4 is 0 Å². The molecule has 2 nitrogen and oxygen atoms in total. The van der Waals surface area contributed by atoms with Gasteiger partial charge in [0.15, 0.2) is 0 Å². The Morgan fingerprint density at radius 2 is 2.07 bits per heavy atom. The van der Waals surface area contributed by atoms with Gasteiger partial charge >= 0.3 is 0 Å².